The third-order valence-electron chi connectivity index (χ3n) is 4.10. The molecule has 2 saturated heterocycles. The summed E-state index contributed by atoms with van der Waals surface area (Å²) in [6.45, 7) is 3.36. The van der Waals surface area contributed by atoms with Crippen LogP contribution in [-0.4, -0.2) is 49.3 Å². The van der Waals surface area contributed by atoms with Gasteiger partial charge in [0.1, 0.15) is 0 Å². The van der Waals surface area contributed by atoms with Crippen LogP contribution in [0.3, 0.4) is 0 Å². The number of anilines is 2. The first-order valence-electron chi connectivity index (χ1n) is 7.47. The molecule has 2 amide bonds. The highest BCUT2D eigenvalue weighted by atomic mass is 16.5. The largest absolute Gasteiger partial charge is 0.399 e. The first-order chi connectivity index (χ1) is 10.2. The number of carbonyl (C=O) groups excluding carboxylic acids is 1. The van der Waals surface area contributed by atoms with E-state index in [-0.39, 0.29) is 12.1 Å². The number of hydrogen-bond donors (Lipinski definition) is 3. The number of amides is 2. The van der Waals surface area contributed by atoms with E-state index in [0.29, 0.717) is 24.0 Å². The summed E-state index contributed by atoms with van der Waals surface area (Å²) in [6, 6.07) is 7.48. The van der Waals surface area contributed by atoms with Gasteiger partial charge >= 0.3 is 6.03 Å². The molecule has 0 aromatic heterocycles. The number of nitrogens with zero attached hydrogens (tertiary/aromatic N) is 1. The van der Waals surface area contributed by atoms with Crippen LogP contribution in [0.1, 0.15) is 12.8 Å². The highest BCUT2D eigenvalue weighted by molar-refractivity contribution is 5.89. The normalized spacial score (nSPS) is 25.3. The molecule has 2 aliphatic heterocycles. The van der Waals surface area contributed by atoms with Crippen LogP contribution in [-0.2, 0) is 4.74 Å². The van der Waals surface area contributed by atoms with Crippen LogP contribution in [0, 0.1) is 0 Å². The van der Waals surface area contributed by atoms with Crippen molar-refractivity contribution in [2.45, 2.75) is 25.0 Å². The summed E-state index contributed by atoms with van der Waals surface area (Å²) < 4.78 is 5.81. The van der Waals surface area contributed by atoms with Gasteiger partial charge in [-0.05, 0) is 37.6 Å². The van der Waals surface area contributed by atoms with E-state index in [1.807, 2.05) is 12.1 Å². The van der Waals surface area contributed by atoms with Gasteiger partial charge in [-0.3, -0.25) is 4.90 Å². The van der Waals surface area contributed by atoms with Crippen molar-refractivity contribution in [2.24, 2.45) is 0 Å². The monoisotopic (exact) mass is 290 g/mol. The van der Waals surface area contributed by atoms with Crippen molar-refractivity contribution in [3.05, 3.63) is 24.3 Å². The van der Waals surface area contributed by atoms with Gasteiger partial charge in [-0.1, -0.05) is 6.07 Å². The quantitative estimate of drug-likeness (QED) is 0.732. The molecule has 2 unspecified atom stereocenters. The van der Waals surface area contributed by atoms with E-state index in [4.69, 9.17) is 10.5 Å². The number of morpholine rings is 1. The Hall–Kier alpha value is -1.79. The summed E-state index contributed by atoms with van der Waals surface area (Å²) in [6.07, 6.45) is 2.56. The van der Waals surface area contributed by atoms with Gasteiger partial charge in [0.2, 0.25) is 0 Å². The first kappa shape index (κ1) is 14.2. The Bertz CT molecular complexity index is 508. The number of benzene rings is 1. The number of hydrogen-bond acceptors (Lipinski definition) is 4. The van der Waals surface area contributed by atoms with E-state index in [1.165, 1.54) is 12.8 Å². The van der Waals surface area contributed by atoms with E-state index in [2.05, 4.69) is 15.5 Å². The van der Waals surface area contributed by atoms with Crippen LogP contribution in [0.25, 0.3) is 0 Å². The van der Waals surface area contributed by atoms with Gasteiger partial charge in [-0.25, -0.2) is 4.79 Å². The van der Waals surface area contributed by atoms with E-state index in [1.54, 1.807) is 12.1 Å². The van der Waals surface area contributed by atoms with Crippen molar-refractivity contribution in [1.82, 2.24) is 10.2 Å². The van der Waals surface area contributed by atoms with Crippen molar-refractivity contribution in [1.29, 1.82) is 0 Å². The molecule has 3 rings (SSSR count). The molecular formula is C15H22N4O2. The number of carbonyl (C=O) groups is 1. The van der Waals surface area contributed by atoms with Gasteiger partial charge in [0, 0.05) is 30.5 Å². The molecular weight excluding hydrogens is 268 g/mol. The Morgan fingerprint density at radius 3 is 3.24 bits per heavy atom. The van der Waals surface area contributed by atoms with E-state index in [9.17, 15) is 4.79 Å². The molecule has 6 nitrogen and oxygen atoms in total. The highest BCUT2D eigenvalue weighted by Gasteiger charge is 2.32. The summed E-state index contributed by atoms with van der Waals surface area (Å²) in [5.41, 5.74) is 7.00. The summed E-state index contributed by atoms with van der Waals surface area (Å²) in [5.74, 6) is 0. The minimum absolute atomic E-state index is 0.0749. The molecule has 0 aliphatic carbocycles. The number of urea groups is 1. The fourth-order valence-electron chi connectivity index (χ4n) is 3.01. The summed E-state index contributed by atoms with van der Waals surface area (Å²) >= 11 is 0. The van der Waals surface area contributed by atoms with E-state index < -0.39 is 0 Å². The third kappa shape index (κ3) is 3.65. The van der Waals surface area contributed by atoms with Crippen LogP contribution >= 0.6 is 0 Å². The summed E-state index contributed by atoms with van der Waals surface area (Å²) in [5, 5.41) is 5.63. The standard InChI is InChI=1S/C15H22N4O2/c16-11-3-1-4-12(7-11)18-15(20)17-8-14-9-19-6-2-5-13(19)10-21-14/h1,3-4,7,13-14H,2,5-6,8-10,16H2,(H2,17,18,20). The van der Waals surface area contributed by atoms with Crippen LogP contribution in [0.15, 0.2) is 24.3 Å². The molecule has 2 aliphatic rings. The Morgan fingerprint density at radius 2 is 2.38 bits per heavy atom. The molecule has 2 heterocycles. The zero-order valence-electron chi connectivity index (χ0n) is 12.0. The third-order valence-corrected chi connectivity index (χ3v) is 4.10. The first-order valence-corrected chi connectivity index (χ1v) is 7.47. The summed E-state index contributed by atoms with van der Waals surface area (Å²) in [4.78, 5) is 14.3. The second-order valence-electron chi connectivity index (χ2n) is 5.71. The molecule has 1 aromatic carbocycles. The molecule has 2 atom stereocenters. The minimum Gasteiger partial charge on any atom is -0.399 e. The Morgan fingerprint density at radius 1 is 1.48 bits per heavy atom. The SMILES string of the molecule is Nc1cccc(NC(=O)NCC2CN3CCCC3CO2)c1. The number of ether oxygens (including phenoxy) is 1. The number of nitrogens with one attached hydrogen (secondary N) is 2. The number of nitrogen functional groups attached to an aromatic ring is 1. The lowest BCUT2D eigenvalue weighted by Crippen LogP contribution is -2.50. The number of rotatable bonds is 3. The maximum Gasteiger partial charge on any atom is 0.319 e. The van der Waals surface area contributed by atoms with Crippen LogP contribution in [0.5, 0.6) is 0 Å². The van der Waals surface area contributed by atoms with Crippen molar-refractivity contribution in [2.75, 3.05) is 37.3 Å². The molecule has 0 saturated carbocycles. The van der Waals surface area contributed by atoms with Crippen LogP contribution in [0.4, 0.5) is 16.2 Å². The molecule has 0 radical (unpaired) electrons. The highest BCUT2D eigenvalue weighted by Crippen LogP contribution is 2.22. The van der Waals surface area contributed by atoms with Crippen molar-refractivity contribution >= 4 is 17.4 Å². The predicted molar refractivity (Wildman–Crippen MR) is 82.2 cm³/mol. The molecule has 2 fully saturated rings. The van der Waals surface area contributed by atoms with Gasteiger partial charge < -0.3 is 21.1 Å². The van der Waals surface area contributed by atoms with Gasteiger partial charge in [-0.15, -0.1) is 0 Å². The van der Waals surface area contributed by atoms with Crippen LogP contribution < -0.4 is 16.4 Å². The fraction of sp³-hybridized carbons (Fsp3) is 0.533. The van der Waals surface area contributed by atoms with Crippen molar-refractivity contribution in [3.8, 4) is 0 Å². The Kier molecular flexibility index (Phi) is 4.26. The zero-order chi connectivity index (χ0) is 14.7. The molecule has 1 aromatic rings. The molecule has 4 N–H and O–H groups in total. The molecule has 6 heteroatoms. The van der Waals surface area contributed by atoms with E-state index >= 15 is 0 Å². The molecule has 114 valence electrons. The maximum absolute atomic E-state index is 11.9. The second kappa shape index (κ2) is 6.32. The fourth-order valence-corrected chi connectivity index (χ4v) is 3.01. The zero-order valence-corrected chi connectivity index (χ0v) is 12.0. The topological polar surface area (TPSA) is 79.6 Å². The van der Waals surface area contributed by atoms with Gasteiger partial charge in [0.05, 0.1) is 12.7 Å². The average Bonchev–Trinajstić information content (AvgIpc) is 2.92. The van der Waals surface area contributed by atoms with Gasteiger partial charge in [0.15, 0.2) is 0 Å². The molecule has 21 heavy (non-hydrogen) atoms. The predicted octanol–water partition coefficient (Wildman–Crippen LogP) is 1.25. The lowest BCUT2D eigenvalue weighted by Gasteiger charge is -2.35. The summed E-state index contributed by atoms with van der Waals surface area (Å²) in [7, 11) is 0. The minimum atomic E-state index is -0.229. The smallest absolute Gasteiger partial charge is 0.319 e. The van der Waals surface area contributed by atoms with Crippen molar-refractivity contribution < 1.29 is 9.53 Å². The second-order valence-corrected chi connectivity index (χ2v) is 5.71. The Labute approximate surface area is 124 Å². The average molecular weight is 290 g/mol. The number of nitrogens with two attached hydrogens (primary N) is 1. The van der Waals surface area contributed by atoms with Crippen molar-refractivity contribution in [3.63, 3.8) is 0 Å². The maximum atomic E-state index is 11.9. The van der Waals surface area contributed by atoms with Gasteiger partial charge in [0.25, 0.3) is 0 Å². The Balaban J connectivity index is 1.43. The molecule has 0 bridgehead atoms. The lowest BCUT2D eigenvalue weighted by molar-refractivity contribution is -0.0456. The van der Waals surface area contributed by atoms with Crippen LogP contribution in [0.2, 0.25) is 0 Å². The molecule has 0 spiro atoms. The lowest BCUT2D eigenvalue weighted by atomic mass is 10.2. The van der Waals surface area contributed by atoms with Gasteiger partial charge in [-0.2, -0.15) is 0 Å². The van der Waals surface area contributed by atoms with E-state index in [0.717, 1.165) is 19.7 Å². The number of fused-ring (bicyclic) bond motifs is 1.